The largest absolute Gasteiger partial charge is 0.516 e. The molecule has 7 nitrogen and oxygen atoms in total. The first-order chi connectivity index (χ1) is 11.2. The van der Waals surface area contributed by atoms with E-state index in [9.17, 15) is 21.6 Å². The highest BCUT2D eigenvalue weighted by Crippen LogP contribution is 2.27. The smallest absolute Gasteiger partial charge is 0.478 e. The Morgan fingerprint density at radius 1 is 1.12 bits per heavy atom. The predicted molar refractivity (Wildman–Crippen MR) is 78.3 cm³/mol. The topological polar surface area (TPSA) is 90.4 Å². The lowest BCUT2D eigenvalue weighted by Crippen LogP contribution is -2.29. The quantitative estimate of drug-likeness (QED) is 0.849. The fourth-order valence-electron chi connectivity index (χ4n) is 1.53. The highest BCUT2D eigenvalue weighted by Gasteiger charge is 2.45. The molecule has 0 atom stereocenters. The van der Waals surface area contributed by atoms with Crippen molar-refractivity contribution in [3.63, 3.8) is 0 Å². The standard InChI is InChI=1S/C13H12F3N3O4S/c1-2-22-11-7-12(18-8-17-11)23-10-5-3-9(4-6-10)19-24(20,21)13(14,15)16/h3-8,19H,2H2,1H3. The van der Waals surface area contributed by atoms with Gasteiger partial charge < -0.3 is 9.47 Å². The normalized spacial score (nSPS) is 11.8. The van der Waals surface area contributed by atoms with Crippen LogP contribution in [-0.4, -0.2) is 30.5 Å². The molecule has 0 aliphatic carbocycles. The summed E-state index contributed by atoms with van der Waals surface area (Å²) in [5.74, 6) is 0.709. The average Bonchev–Trinajstić information content (AvgIpc) is 2.49. The van der Waals surface area contributed by atoms with E-state index in [1.165, 1.54) is 29.2 Å². The molecular weight excluding hydrogens is 351 g/mol. The van der Waals surface area contributed by atoms with Gasteiger partial charge in [0.25, 0.3) is 0 Å². The van der Waals surface area contributed by atoms with Crippen LogP contribution in [0.5, 0.6) is 17.5 Å². The van der Waals surface area contributed by atoms with Crippen molar-refractivity contribution in [1.29, 1.82) is 0 Å². The number of ether oxygens (including phenoxy) is 2. The first-order valence-electron chi connectivity index (χ1n) is 6.53. The number of hydrogen-bond donors (Lipinski definition) is 1. The van der Waals surface area contributed by atoms with Gasteiger partial charge in [0.05, 0.1) is 12.7 Å². The van der Waals surface area contributed by atoms with Crippen molar-refractivity contribution in [1.82, 2.24) is 9.97 Å². The third-order valence-electron chi connectivity index (χ3n) is 2.54. The molecular formula is C13H12F3N3O4S. The van der Waals surface area contributed by atoms with Crippen LogP contribution in [0, 0.1) is 0 Å². The van der Waals surface area contributed by atoms with E-state index in [2.05, 4.69) is 9.97 Å². The van der Waals surface area contributed by atoms with Crippen LogP contribution in [0.2, 0.25) is 0 Å². The molecule has 2 rings (SSSR count). The lowest BCUT2D eigenvalue weighted by atomic mass is 10.3. The highest BCUT2D eigenvalue weighted by molar-refractivity contribution is 7.93. The zero-order valence-corrected chi connectivity index (χ0v) is 13.1. The Bertz CT molecular complexity index is 795. The molecule has 0 spiro atoms. The van der Waals surface area contributed by atoms with Crippen molar-refractivity contribution in [2.75, 3.05) is 11.3 Å². The molecule has 0 saturated carbocycles. The minimum Gasteiger partial charge on any atom is -0.478 e. The Kier molecular flexibility index (Phi) is 5.12. The van der Waals surface area contributed by atoms with Gasteiger partial charge in [0, 0.05) is 5.69 Å². The molecule has 1 aromatic heterocycles. The van der Waals surface area contributed by atoms with Crippen molar-refractivity contribution in [2.24, 2.45) is 0 Å². The fourth-order valence-corrected chi connectivity index (χ4v) is 2.09. The molecule has 0 amide bonds. The van der Waals surface area contributed by atoms with Crippen LogP contribution in [0.1, 0.15) is 6.92 Å². The van der Waals surface area contributed by atoms with Gasteiger partial charge in [-0.2, -0.15) is 21.6 Å². The van der Waals surface area contributed by atoms with Crippen LogP contribution >= 0.6 is 0 Å². The molecule has 1 heterocycles. The molecule has 0 aliphatic heterocycles. The predicted octanol–water partition coefficient (Wildman–Crippen LogP) is 2.93. The summed E-state index contributed by atoms with van der Waals surface area (Å²) >= 11 is 0. The van der Waals surface area contributed by atoms with Crippen LogP contribution in [-0.2, 0) is 10.0 Å². The maximum Gasteiger partial charge on any atom is 0.516 e. The number of hydrogen-bond acceptors (Lipinski definition) is 6. The Morgan fingerprint density at radius 3 is 2.33 bits per heavy atom. The average molecular weight is 363 g/mol. The maximum atomic E-state index is 12.3. The van der Waals surface area contributed by atoms with Gasteiger partial charge in [-0.3, -0.25) is 4.72 Å². The summed E-state index contributed by atoms with van der Waals surface area (Å²) in [4.78, 5) is 7.71. The minimum atomic E-state index is -5.46. The van der Waals surface area contributed by atoms with Gasteiger partial charge >= 0.3 is 15.5 Å². The van der Waals surface area contributed by atoms with Crippen molar-refractivity contribution in [3.8, 4) is 17.5 Å². The van der Waals surface area contributed by atoms with Crippen LogP contribution in [0.3, 0.4) is 0 Å². The zero-order chi connectivity index (χ0) is 17.8. The van der Waals surface area contributed by atoms with Gasteiger partial charge in [-0.25, -0.2) is 9.97 Å². The third-order valence-corrected chi connectivity index (χ3v) is 3.66. The molecule has 0 saturated heterocycles. The number of nitrogens with zero attached hydrogens (tertiary/aromatic N) is 2. The molecule has 0 radical (unpaired) electrons. The minimum absolute atomic E-state index is 0.164. The van der Waals surface area contributed by atoms with Gasteiger partial charge in [0.15, 0.2) is 0 Å². The van der Waals surface area contributed by atoms with Crippen LogP contribution in [0.4, 0.5) is 18.9 Å². The Morgan fingerprint density at radius 2 is 1.75 bits per heavy atom. The number of benzene rings is 1. The Balaban J connectivity index is 2.09. The number of nitrogens with one attached hydrogen (secondary N) is 1. The van der Waals surface area contributed by atoms with Gasteiger partial charge in [-0.15, -0.1) is 0 Å². The van der Waals surface area contributed by atoms with E-state index in [4.69, 9.17) is 9.47 Å². The van der Waals surface area contributed by atoms with Gasteiger partial charge in [-0.05, 0) is 31.2 Å². The number of anilines is 1. The second-order valence-corrected chi connectivity index (χ2v) is 5.98. The zero-order valence-electron chi connectivity index (χ0n) is 12.2. The van der Waals surface area contributed by atoms with Gasteiger partial charge in [-0.1, -0.05) is 0 Å². The van der Waals surface area contributed by atoms with E-state index in [0.717, 1.165) is 12.1 Å². The van der Waals surface area contributed by atoms with E-state index >= 15 is 0 Å². The van der Waals surface area contributed by atoms with E-state index in [0.29, 0.717) is 12.5 Å². The van der Waals surface area contributed by atoms with Crippen molar-refractivity contribution in [3.05, 3.63) is 36.7 Å². The first kappa shape index (κ1) is 17.8. The second kappa shape index (κ2) is 6.91. The molecule has 130 valence electrons. The molecule has 11 heteroatoms. The SMILES string of the molecule is CCOc1cc(Oc2ccc(NS(=O)(=O)C(F)(F)F)cc2)ncn1. The lowest BCUT2D eigenvalue weighted by Gasteiger charge is -2.11. The Labute approximate surface area is 135 Å². The van der Waals surface area contributed by atoms with Gasteiger partial charge in [0.2, 0.25) is 11.8 Å². The molecule has 0 aliphatic rings. The summed E-state index contributed by atoms with van der Waals surface area (Å²) in [6.07, 6.45) is 1.23. The molecule has 1 N–H and O–H groups in total. The summed E-state index contributed by atoms with van der Waals surface area (Å²) in [5.41, 5.74) is -5.64. The van der Waals surface area contributed by atoms with Crippen molar-refractivity contribution >= 4 is 15.7 Å². The molecule has 1 aromatic carbocycles. The first-order valence-corrected chi connectivity index (χ1v) is 8.01. The number of rotatable bonds is 6. The number of aromatic nitrogens is 2. The van der Waals surface area contributed by atoms with Crippen LogP contribution < -0.4 is 14.2 Å². The summed E-state index contributed by atoms with van der Waals surface area (Å²) < 4.78 is 70.8. The summed E-state index contributed by atoms with van der Waals surface area (Å²) in [6, 6.07) is 6.27. The summed E-state index contributed by atoms with van der Waals surface area (Å²) in [6.45, 7) is 2.19. The molecule has 0 fully saturated rings. The highest BCUT2D eigenvalue weighted by atomic mass is 32.2. The number of alkyl halides is 3. The third kappa shape index (κ3) is 4.47. The molecule has 0 unspecified atom stereocenters. The number of halogens is 3. The van der Waals surface area contributed by atoms with E-state index in [-0.39, 0.29) is 17.3 Å². The van der Waals surface area contributed by atoms with Crippen molar-refractivity contribution in [2.45, 2.75) is 12.4 Å². The second-order valence-electron chi connectivity index (χ2n) is 4.31. The lowest BCUT2D eigenvalue weighted by molar-refractivity contribution is -0.0429. The van der Waals surface area contributed by atoms with Crippen LogP contribution in [0.15, 0.2) is 36.7 Å². The number of sulfonamides is 1. The maximum absolute atomic E-state index is 12.3. The van der Waals surface area contributed by atoms with Crippen LogP contribution in [0.25, 0.3) is 0 Å². The van der Waals surface area contributed by atoms with E-state index in [1.807, 2.05) is 0 Å². The molecule has 2 aromatic rings. The van der Waals surface area contributed by atoms with Gasteiger partial charge in [0.1, 0.15) is 12.1 Å². The summed E-state index contributed by atoms with van der Waals surface area (Å²) in [5, 5.41) is 0. The molecule has 0 bridgehead atoms. The Hall–Kier alpha value is -2.56. The fraction of sp³-hybridized carbons (Fsp3) is 0.231. The monoisotopic (exact) mass is 363 g/mol. The van der Waals surface area contributed by atoms with Crippen molar-refractivity contribution < 1.29 is 31.1 Å². The van der Waals surface area contributed by atoms with E-state index in [1.54, 1.807) is 6.92 Å². The van der Waals surface area contributed by atoms with E-state index < -0.39 is 15.5 Å². The summed E-state index contributed by atoms with van der Waals surface area (Å²) in [7, 11) is -5.46. The molecule has 24 heavy (non-hydrogen) atoms.